The van der Waals surface area contributed by atoms with Crippen molar-refractivity contribution >= 4 is 22.0 Å². The van der Waals surface area contributed by atoms with Gasteiger partial charge in [0.1, 0.15) is 24.6 Å². The molecule has 0 aromatic heterocycles. The first-order valence-corrected chi connectivity index (χ1v) is 8.02. The lowest BCUT2D eigenvalue weighted by molar-refractivity contribution is 0.0182. The van der Waals surface area contributed by atoms with Crippen LogP contribution in [0.3, 0.4) is 0 Å². The molecule has 0 saturated heterocycles. The maximum Gasteiger partial charge on any atom is 0.407 e. The number of hydrogen-bond acceptors (Lipinski definition) is 4. The Morgan fingerprint density at radius 3 is 2.58 bits per heavy atom. The van der Waals surface area contributed by atoms with E-state index in [2.05, 4.69) is 21.2 Å². The normalized spacial score (nSPS) is 13.2. The highest BCUT2D eigenvalue weighted by molar-refractivity contribution is 9.10. The summed E-state index contributed by atoms with van der Waals surface area (Å²) in [6.45, 7) is -0.129. The zero-order valence-electron chi connectivity index (χ0n) is 12.7. The van der Waals surface area contributed by atoms with E-state index in [1.165, 1.54) is 12.1 Å². The zero-order chi connectivity index (χ0) is 17.5. The molecule has 0 aliphatic heterocycles. The Morgan fingerprint density at radius 1 is 1.21 bits per heavy atom. The SMILES string of the molecule is O=C(NCC(O)C(O)c1ccc(Br)c(F)c1)OCc1ccccc1. The van der Waals surface area contributed by atoms with Crippen LogP contribution in [0.2, 0.25) is 0 Å². The van der Waals surface area contributed by atoms with Gasteiger partial charge < -0.3 is 20.3 Å². The van der Waals surface area contributed by atoms with E-state index in [-0.39, 0.29) is 23.2 Å². The smallest absolute Gasteiger partial charge is 0.407 e. The van der Waals surface area contributed by atoms with Gasteiger partial charge in [-0.05, 0) is 39.2 Å². The van der Waals surface area contributed by atoms with Gasteiger partial charge in [-0.2, -0.15) is 0 Å². The largest absolute Gasteiger partial charge is 0.445 e. The first kappa shape index (κ1) is 18.4. The number of carbonyl (C=O) groups is 1. The van der Waals surface area contributed by atoms with Crippen molar-refractivity contribution in [2.24, 2.45) is 0 Å². The van der Waals surface area contributed by atoms with Gasteiger partial charge in [-0.25, -0.2) is 9.18 Å². The summed E-state index contributed by atoms with van der Waals surface area (Å²) in [5.74, 6) is -0.547. The second-order valence-corrected chi connectivity index (χ2v) is 5.98. The Labute approximate surface area is 147 Å². The molecule has 0 radical (unpaired) electrons. The first-order valence-electron chi connectivity index (χ1n) is 7.23. The van der Waals surface area contributed by atoms with Crippen LogP contribution in [-0.2, 0) is 11.3 Å². The predicted octanol–water partition coefficient (Wildman–Crippen LogP) is 2.91. The second-order valence-electron chi connectivity index (χ2n) is 5.13. The number of ether oxygens (including phenoxy) is 1. The molecule has 2 aromatic rings. The van der Waals surface area contributed by atoms with Gasteiger partial charge >= 0.3 is 6.09 Å². The summed E-state index contributed by atoms with van der Waals surface area (Å²) in [7, 11) is 0. The van der Waals surface area contributed by atoms with Crippen LogP contribution >= 0.6 is 15.9 Å². The molecule has 2 rings (SSSR count). The fourth-order valence-corrected chi connectivity index (χ4v) is 2.24. The summed E-state index contributed by atoms with van der Waals surface area (Å²) in [5, 5.41) is 22.3. The summed E-state index contributed by atoms with van der Waals surface area (Å²) >= 11 is 3.01. The van der Waals surface area contributed by atoms with Crippen molar-refractivity contribution in [1.82, 2.24) is 5.32 Å². The summed E-state index contributed by atoms with van der Waals surface area (Å²) in [6.07, 6.45) is -3.34. The van der Waals surface area contributed by atoms with Crippen LogP contribution in [0.15, 0.2) is 53.0 Å². The Kier molecular flexibility index (Phi) is 6.72. The van der Waals surface area contributed by atoms with Gasteiger partial charge in [0.2, 0.25) is 0 Å². The Morgan fingerprint density at radius 2 is 1.92 bits per heavy atom. The molecule has 24 heavy (non-hydrogen) atoms. The van der Waals surface area contributed by atoms with Gasteiger partial charge in [-0.3, -0.25) is 0 Å². The standard InChI is InChI=1S/C17H17BrFNO4/c18-13-7-6-12(8-14(13)19)16(22)15(21)9-20-17(23)24-10-11-4-2-1-3-5-11/h1-8,15-16,21-22H,9-10H2,(H,20,23). The molecule has 0 heterocycles. The lowest BCUT2D eigenvalue weighted by Gasteiger charge is -2.19. The van der Waals surface area contributed by atoms with Crippen LogP contribution in [0, 0.1) is 5.82 Å². The minimum atomic E-state index is -1.33. The molecule has 2 unspecified atom stereocenters. The van der Waals surface area contributed by atoms with Crippen molar-refractivity contribution in [2.75, 3.05) is 6.54 Å². The van der Waals surface area contributed by atoms with Crippen LogP contribution in [0.25, 0.3) is 0 Å². The lowest BCUT2D eigenvalue weighted by atomic mass is 10.0. The molecule has 5 nitrogen and oxygen atoms in total. The number of aliphatic hydroxyl groups is 2. The second kappa shape index (κ2) is 8.77. The monoisotopic (exact) mass is 397 g/mol. The lowest BCUT2D eigenvalue weighted by Crippen LogP contribution is -2.35. The summed E-state index contributed by atoms with van der Waals surface area (Å²) in [6, 6.07) is 13.2. The van der Waals surface area contributed by atoms with E-state index in [4.69, 9.17) is 4.74 Å². The van der Waals surface area contributed by atoms with Gasteiger partial charge in [-0.15, -0.1) is 0 Å². The van der Waals surface area contributed by atoms with E-state index in [1.54, 1.807) is 0 Å². The highest BCUT2D eigenvalue weighted by Gasteiger charge is 2.20. The molecule has 0 spiro atoms. The Balaban J connectivity index is 1.80. The summed E-state index contributed by atoms with van der Waals surface area (Å²) < 4.78 is 18.7. The quantitative estimate of drug-likeness (QED) is 0.699. The van der Waals surface area contributed by atoms with Crippen LogP contribution in [-0.4, -0.2) is 29.0 Å². The number of alkyl carbamates (subject to hydrolysis) is 1. The van der Waals surface area contributed by atoms with Gasteiger partial charge in [0, 0.05) is 6.54 Å². The number of benzene rings is 2. The molecule has 0 aliphatic carbocycles. The molecule has 0 aliphatic rings. The number of amides is 1. The minimum absolute atomic E-state index is 0.100. The van der Waals surface area contributed by atoms with Gasteiger partial charge in [0.25, 0.3) is 0 Å². The highest BCUT2D eigenvalue weighted by atomic mass is 79.9. The maximum atomic E-state index is 13.4. The van der Waals surface area contributed by atoms with Gasteiger partial charge in [0.15, 0.2) is 0 Å². The Bertz CT molecular complexity index is 684. The van der Waals surface area contributed by atoms with Crippen LogP contribution in [0.5, 0.6) is 0 Å². The fraction of sp³-hybridized carbons (Fsp3) is 0.235. The third kappa shape index (κ3) is 5.30. The predicted molar refractivity (Wildman–Crippen MR) is 89.7 cm³/mol. The van der Waals surface area contributed by atoms with E-state index >= 15 is 0 Å². The molecule has 128 valence electrons. The summed E-state index contributed by atoms with van der Waals surface area (Å²) in [5.41, 5.74) is 1.04. The first-order chi connectivity index (χ1) is 11.5. The number of nitrogens with one attached hydrogen (secondary N) is 1. The van der Waals surface area contributed by atoms with Gasteiger partial charge in [0.05, 0.1) is 4.47 Å². The van der Waals surface area contributed by atoms with Crippen molar-refractivity contribution in [3.05, 3.63) is 69.9 Å². The Hall–Kier alpha value is -1.96. The fourth-order valence-electron chi connectivity index (χ4n) is 1.99. The number of carbonyl (C=O) groups excluding carboxylic acids is 1. The third-order valence-electron chi connectivity index (χ3n) is 3.32. The van der Waals surface area contributed by atoms with Crippen molar-refractivity contribution in [2.45, 2.75) is 18.8 Å². The average Bonchev–Trinajstić information content (AvgIpc) is 2.60. The highest BCUT2D eigenvalue weighted by Crippen LogP contribution is 2.22. The van der Waals surface area contributed by atoms with E-state index in [0.717, 1.165) is 11.6 Å². The van der Waals surface area contributed by atoms with Crippen molar-refractivity contribution in [1.29, 1.82) is 0 Å². The van der Waals surface area contributed by atoms with E-state index in [9.17, 15) is 19.4 Å². The van der Waals surface area contributed by atoms with Crippen molar-refractivity contribution < 1.29 is 24.1 Å². The van der Waals surface area contributed by atoms with Crippen LogP contribution < -0.4 is 5.32 Å². The molecule has 7 heteroatoms. The van der Waals surface area contributed by atoms with E-state index in [0.29, 0.717) is 0 Å². The molecule has 0 bridgehead atoms. The molecular weight excluding hydrogens is 381 g/mol. The molecule has 3 N–H and O–H groups in total. The van der Waals surface area contributed by atoms with Crippen molar-refractivity contribution in [3.63, 3.8) is 0 Å². The third-order valence-corrected chi connectivity index (χ3v) is 3.96. The average molecular weight is 398 g/mol. The maximum absolute atomic E-state index is 13.4. The van der Waals surface area contributed by atoms with Crippen LogP contribution in [0.4, 0.5) is 9.18 Å². The summed E-state index contributed by atoms with van der Waals surface area (Å²) in [4.78, 5) is 11.6. The van der Waals surface area contributed by atoms with E-state index < -0.39 is 24.1 Å². The van der Waals surface area contributed by atoms with Crippen LogP contribution in [0.1, 0.15) is 17.2 Å². The van der Waals surface area contributed by atoms with E-state index in [1.807, 2.05) is 30.3 Å². The minimum Gasteiger partial charge on any atom is -0.445 e. The molecule has 0 fully saturated rings. The molecule has 2 atom stereocenters. The number of hydrogen-bond donors (Lipinski definition) is 3. The molecule has 1 amide bonds. The zero-order valence-corrected chi connectivity index (χ0v) is 14.2. The topological polar surface area (TPSA) is 78.8 Å². The molecular formula is C17H17BrFNO4. The number of aliphatic hydroxyl groups excluding tert-OH is 2. The van der Waals surface area contributed by atoms with Gasteiger partial charge in [-0.1, -0.05) is 36.4 Å². The number of rotatable bonds is 6. The molecule has 0 saturated carbocycles. The van der Waals surface area contributed by atoms with Crippen molar-refractivity contribution in [3.8, 4) is 0 Å². The molecule has 2 aromatic carbocycles. The number of halogens is 2.